The van der Waals surface area contributed by atoms with Gasteiger partial charge in [-0.2, -0.15) is 0 Å². The first kappa shape index (κ1) is 24.0. The molecule has 0 aliphatic carbocycles. The summed E-state index contributed by atoms with van der Waals surface area (Å²) < 4.78 is 0. The highest BCUT2D eigenvalue weighted by Gasteiger charge is 2.20. The number of rotatable bonds is 2. The van der Waals surface area contributed by atoms with Crippen molar-refractivity contribution in [1.82, 2.24) is 19.9 Å². The monoisotopic (exact) mass is 564 g/mol. The number of fused-ring (bicyclic) bond motifs is 8. The normalized spacial score (nSPS) is 12.3. The third-order valence-electron chi connectivity index (χ3n) is 6.80. The summed E-state index contributed by atoms with van der Waals surface area (Å²) in [7, 11) is 0. The van der Waals surface area contributed by atoms with Crippen LogP contribution in [0.2, 0.25) is 15.1 Å². The summed E-state index contributed by atoms with van der Waals surface area (Å²) in [5.41, 5.74) is 9.82. The van der Waals surface area contributed by atoms with Gasteiger partial charge in [0.2, 0.25) is 0 Å². The minimum Gasteiger partial charge on any atom is -0.354 e. The van der Waals surface area contributed by atoms with Crippen LogP contribution in [0.15, 0.2) is 78.9 Å². The molecule has 3 aromatic heterocycles. The van der Waals surface area contributed by atoms with Gasteiger partial charge in [0, 0.05) is 22.2 Å². The van der Waals surface area contributed by atoms with E-state index in [2.05, 4.69) is 45.3 Å². The van der Waals surface area contributed by atoms with Crippen LogP contribution < -0.4 is 0 Å². The van der Waals surface area contributed by atoms with E-state index in [9.17, 15) is 0 Å². The third kappa shape index (κ3) is 4.18. The molecule has 8 bridgehead atoms. The van der Waals surface area contributed by atoms with Crippen molar-refractivity contribution in [1.29, 1.82) is 0 Å². The minimum absolute atomic E-state index is 0.425. The number of aromatic amines is 2. The molecule has 0 unspecified atom stereocenters. The van der Waals surface area contributed by atoms with E-state index in [0.29, 0.717) is 37.8 Å². The smallest absolute Gasteiger partial charge is 0.0919 e. The molecule has 188 valence electrons. The lowest BCUT2D eigenvalue weighted by atomic mass is 9.96. The second-order valence-electron chi connectivity index (χ2n) is 9.24. The molecular weight excluding hydrogens is 547 g/mol. The van der Waals surface area contributed by atoms with Gasteiger partial charge in [-0.1, -0.05) is 95.5 Å². The topological polar surface area (TPSA) is 57.4 Å². The molecule has 0 atom stereocenters. The predicted molar refractivity (Wildman–Crippen MR) is 165 cm³/mol. The summed E-state index contributed by atoms with van der Waals surface area (Å²) in [6.45, 7) is 0. The molecule has 0 fully saturated rings. The first-order valence-corrected chi connectivity index (χ1v) is 13.5. The number of H-pyrrole nitrogens is 2. The first-order chi connectivity index (χ1) is 19.1. The van der Waals surface area contributed by atoms with E-state index in [1.54, 1.807) is 0 Å². The number of aromatic nitrogens is 4. The second-order valence-corrected chi connectivity index (χ2v) is 10.4. The van der Waals surface area contributed by atoms with Gasteiger partial charge in [-0.05, 0) is 53.6 Å². The van der Waals surface area contributed by atoms with E-state index in [-0.39, 0.29) is 0 Å². The molecule has 7 heteroatoms. The van der Waals surface area contributed by atoms with Gasteiger partial charge in [-0.25, -0.2) is 9.97 Å². The number of nitrogens with zero attached hydrogens (tertiary/aromatic N) is 2. The molecule has 5 aromatic rings. The number of hydrogen-bond donors (Lipinski definition) is 2. The lowest BCUT2D eigenvalue weighted by Crippen LogP contribution is -1.84. The Labute approximate surface area is 239 Å². The van der Waals surface area contributed by atoms with Crippen LogP contribution in [-0.4, -0.2) is 19.9 Å². The van der Waals surface area contributed by atoms with Crippen LogP contribution in [0.5, 0.6) is 0 Å². The SMILES string of the molecule is Clc1c2nc(c(Cl)c3ccc(cc4[nH]c(c(Cl)c5nc1C=C5)c(-c1ccccc1)c4-c1ccccc1)[nH]3)C=C2. The molecule has 7 rings (SSSR count). The maximum absolute atomic E-state index is 7.15. The standard InChI is InChI=1S/C32H19Cl3N4/c33-29-21-12-11-20(36-21)17-26-27(18-7-3-1-4-8-18)28(19-9-5-2-6-10-19)32(39-26)31(35)25-16-15-24(38-25)30(34)23-14-13-22(29)37-23/h1-17,36,39H. The van der Waals surface area contributed by atoms with Gasteiger partial charge in [-0.15, -0.1) is 0 Å². The largest absolute Gasteiger partial charge is 0.354 e. The predicted octanol–water partition coefficient (Wildman–Crippen LogP) is 9.95. The lowest BCUT2D eigenvalue weighted by Gasteiger charge is -2.07. The Hall–Kier alpha value is -4.09. The van der Waals surface area contributed by atoms with Gasteiger partial charge in [-0.3, -0.25) is 0 Å². The fourth-order valence-corrected chi connectivity index (χ4v) is 5.65. The van der Waals surface area contributed by atoms with Gasteiger partial charge in [0.15, 0.2) is 0 Å². The highest BCUT2D eigenvalue weighted by atomic mass is 35.5. The highest BCUT2D eigenvalue weighted by Crippen LogP contribution is 2.42. The highest BCUT2D eigenvalue weighted by molar-refractivity contribution is 6.37. The van der Waals surface area contributed by atoms with E-state index in [1.165, 1.54) is 0 Å². The zero-order valence-corrected chi connectivity index (χ0v) is 22.6. The minimum atomic E-state index is 0.425. The zero-order chi connectivity index (χ0) is 26.5. The molecule has 2 aliphatic heterocycles. The van der Waals surface area contributed by atoms with Crippen molar-refractivity contribution in [3.63, 3.8) is 0 Å². The molecule has 0 amide bonds. The van der Waals surface area contributed by atoms with Gasteiger partial charge >= 0.3 is 0 Å². The summed E-state index contributed by atoms with van der Waals surface area (Å²) in [4.78, 5) is 16.5. The summed E-state index contributed by atoms with van der Waals surface area (Å²) >= 11 is 20.7. The van der Waals surface area contributed by atoms with Crippen molar-refractivity contribution in [3.8, 4) is 22.3 Å². The summed E-state index contributed by atoms with van der Waals surface area (Å²) in [6.07, 6.45) is 7.41. The van der Waals surface area contributed by atoms with Crippen molar-refractivity contribution in [2.45, 2.75) is 0 Å². The van der Waals surface area contributed by atoms with Gasteiger partial charge in [0.25, 0.3) is 0 Å². The summed E-state index contributed by atoms with van der Waals surface area (Å²) in [5, 5.41) is 1.42. The summed E-state index contributed by atoms with van der Waals surface area (Å²) in [5.74, 6) is 0. The van der Waals surface area contributed by atoms with Crippen LogP contribution in [0.4, 0.5) is 0 Å². The Morgan fingerprint density at radius 3 is 1.64 bits per heavy atom. The van der Waals surface area contributed by atoms with Gasteiger partial charge in [0.1, 0.15) is 0 Å². The van der Waals surface area contributed by atoms with E-state index in [1.807, 2.05) is 72.8 Å². The number of nitrogens with one attached hydrogen (secondary N) is 2. The Kier molecular flexibility index (Phi) is 5.89. The second kappa shape index (κ2) is 9.58. The molecule has 5 heterocycles. The molecule has 0 radical (unpaired) electrons. The van der Waals surface area contributed by atoms with Crippen molar-refractivity contribution < 1.29 is 0 Å². The van der Waals surface area contributed by atoms with Crippen LogP contribution in [-0.2, 0) is 0 Å². The molecule has 4 nitrogen and oxygen atoms in total. The van der Waals surface area contributed by atoms with Crippen LogP contribution in [0.1, 0.15) is 22.8 Å². The molecule has 2 aliphatic rings. The van der Waals surface area contributed by atoms with Crippen molar-refractivity contribution in [2.24, 2.45) is 0 Å². The fraction of sp³-hybridized carbons (Fsp3) is 0. The fourth-order valence-electron chi connectivity index (χ4n) is 4.98. The van der Waals surface area contributed by atoms with E-state index >= 15 is 0 Å². The van der Waals surface area contributed by atoms with Gasteiger partial charge in [0.05, 0.1) is 48.9 Å². The molecule has 39 heavy (non-hydrogen) atoms. The van der Waals surface area contributed by atoms with Crippen LogP contribution in [0.3, 0.4) is 0 Å². The first-order valence-electron chi connectivity index (χ1n) is 12.3. The van der Waals surface area contributed by atoms with E-state index in [0.717, 1.165) is 44.3 Å². The van der Waals surface area contributed by atoms with Crippen molar-refractivity contribution in [3.05, 3.63) is 117 Å². The third-order valence-corrected chi connectivity index (χ3v) is 7.96. The van der Waals surface area contributed by atoms with E-state index < -0.39 is 0 Å². The summed E-state index contributed by atoms with van der Waals surface area (Å²) in [6, 6.07) is 26.5. The Morgan fingerprint density at radius 2 is 1.03 bits per heavy atom. The van der Waals surface area contributed by atoms with Crippen LogP contribution in [0, 0.1) is 0 Å². The molecular formula is C32H19Cl3N4. The molecule has 2 aromatic carbocycles. The maximum atomic E-state index is 7.15. The quantitative estimate of drug-likeness (QED) is 0.219. The number of halogens is 3. The Morgan fingerprint density at radius 1 is 0.487 bits per heavy atom. The lowest BCUT2D eigenvalue weighted by molar-refractivity contribution is 1.27. The zero-order valence-electron chi connectivity index (χ0n) is 20.3. The van der Waals surface area contributed by atoms with E-state index in [4.69, 9.17) is 39.8 Å². The Bertz CT molecular complexity index is 1990. The Balaban J connectivity index is 1.70. The number of benzene rings is 2. The average Bonchev–Trinajstić information content (AvgIpc) is 3.78. The van der Waals surface area contributed by atoms with Crippen molar-refractivity contribution >= 4 is 81.2 Å². The average molecular weight is 566 g/mol. The van der Waals surface area contributed by atoms with Crippen LogP contribution in [0.25, 0.3) is 68.6 Å². The molecule has 0 saturated carbocycles. The van der Waals surface area contributed by atoms with Crippen molar-refractivity contribution in [2.75, 3.05) is 0 Å². The maximum Gasteiger partial charge on any atom is 0.0919 e. The molecule has 2 N–H and O–H groups in total. The van der Waals surface area contributed by atoms with Gasteiger partial charge < -0.3 is 9.97 Å². The molecule has 0 spiro atoms. The van der Waals surface area contributed by atoms with Crippen LogP contribution >= 0.6 is 34.8 Å². The number of hydrogen-bond acceptors (Lipinski definition) is 2. The molecule has 0 saturated heterocycles.